The van der Waals surface area contributed by atoms with E-state index in [9.17, 15) is 5.11 Å². The average Bonchev–Trinajstić information content (AvgIpc) is 2.81. The Kier molecular flexibility index (Phi) is 4.45. The van der Waals surface area contributed by atoms with Crippen LogP contribution in [-0.4, -0.2) is 22.0 Å². The van der Waals surface area contributed by atoms with E-state index in [0.717, 1.165) is 17.7 Å². The molecular weight excluding hydrogens is 264 g/mol. The Bertz CT molecular complexity index is 554. The normalized spacial score (nSPS) is 12.4. The molecular formula is C14H17ClN2O2. The summed E-state index contributed by atoms with van der Waals surface area (Å²) in [6.45, 7) is 0. The first-order valence-corrected chi connectivity index (χ1v) is 6.48. The van der Waals surface area contributed by atoms with Gasteiger partial charge in [-0.25, -0.2) is 0 Å². The van der Waals surface area contributed by atoms with Gasteiger partial charge in [-0.1, -0.05) is 17.7 Å². The van der Waals surface area contributed by atoms with Crippen LogP contribution in [0, 0.1) is 0 Å². The lowest BCUT2D eigenvalue weighted by atomic mass is 10.0. The summed E-state index contributed by atoms with van der Waals surface area (Å²) < 4.78 is 6.90. The number of ether oxygens (including phenoxy) is 1. The molecule has 0 amide bonds. The molecule has 1 aromatic heterocycles. The van der Waals surface area contributed by atoms with Crippen LogP contribution in [-0.2, 0) is 13.5 Å². The fraction of sp³-hybridized carbons (Fsp3) is 0.357. The van der Waals surface area contributed by atoms with Crippen LogP contribution < -0.4 is 4.74 Å². The maximum absolute atomic E-state index is 10.2. The molecule has 19 heavy (non-hydrogen) atoms. The zero-order chi connectivity index (χ0) is 13.8. The number of aryl methyl sites for hydroxylation is 2. The number of hydrogen-bond acceptors (Lipinski definition) is 3. The van der Waals surface area contributed by atoms with E-state index in [1.165, 1.54) is 0 Å². The van der Waals surface area contributed by atoms with Crippen molar-refractivity contribution in [1.29, 1.82) is 0 Å². The molecule has 0 aliphatic heterocycles. The maximum atomic E-state index is 10.2. The standard InChI is InChI=1S/C14H17ClN2O2/c1-17-11(7-8-16-17)4-5-13(18)10-3-6-14(19-2)12(15)9-10/h3,6-9,13,18H,4-5H2,1-2H3. The molecule has 0 radical (unpaired) electrons. The molecule has 102 valence electrons. The van der Waals surface area contributed by atoms with Crippen molar-refractivity contribution < 1.29 is 9.84 Å². The van der Waals surface area contributed by atoms with Gasteiger partial charge >= 0.3 is 0 Å². The number of rotatable bonds is 5. The zero-order valence-corrected chi connectivity index (χ0v) is 11.8. The summed E-state index contributed by atoms with van der Waals surface area (Å²) in [4.78, 5) is 0. The smallest absolute Gasteiger partial charge is 0.137 e. The minimum absolute atomic E-state index is 0.514. The Morgan fingerprint density at radius 2 is 2.21 bits per heavy atom. The van der Waals surface area contributed by atoms with Crippen molar-refractivity contribution in [2.75, 3.05) is 7.11 Å². The van der Waals surface area contributed by atoms with Gasteiger partial charge in [-0.15, -0.1) is 0 Å². The summed E-state index contributed by atoms with van der Waals surface area (Å²) >= 11 is 6.05. The highest BCUT2D eigenvalue weighted by Crippen LogP contribution is 2.29. The molecule has 0 bridgehead atoms. The fourth-order valence-electron chi connectivity index (χ4n) is 1.99. The summed E-state index contributed by atoms with van der Waals surface area (Å²) in [7, 11) is 3.46. The van der Waals surface area contributed by atoms with Gasteiger partial charge in [0.2, 0.25) is 0 Å². The van der Waals surface area contributed by atoms with E-state index in [2.05, 4.69) is 5.10 Å². The van der Waals surface area contributed by atoms with Crippen LogP contribution in [0.25, 0.3) is 0 Å². The van der Waals surface area contributed by atoms with E-state index < -0.39 is 6.10 Å². The third-order valence-corrected chi connectivity index (χ3v) is 3.45. The van der Waals surface area contributed by atoms with Gasteiger partial charge in [-0.2, -0.15) is 5.10 Å². The highest BCUT2D eigenvalue weighted by molar-refractivity contribution is 6.32. The van der Waals surface area contributed by atoms with Gasteiger partial charge in [0.1, 0.15) is 5.75 Å². The van der Waals surface area contributed by atoms with Crippen LogP contribution in [0.3, 0.4) is 0 Å². The summed E-state index contributed by atoms with van der Waals surface area (Å²) in [6, 6.07) is 7.30. The molecule has 1 heterocycles. The lowest BCUT2D eigenvalue weighted by Gasteiger charge is -2.12. The molecule has 2 rings (SSSR count). The highest BCUT2D eigenvalue weighted by Gasteiger charge is 2.11. The number of methoxy groups -OCH3 is 1. The molecule has 5 heteroatoms. The summed E-state index contributed by atoms with van der Waals surface area (Å²) in [5.41, 5.74) is 1.90. The molecule has 0 saturated heterocycles. The summed E-state index contributed by atoms with van der Waals surface area (Å²) in [5.74, 6) is 0.615. The average molecular weight is 281 g/mol. The second-order valence-electron chi connectivity index (χ2n) is 4.39. The lowest BCUT2D eigenvalue weighted by molar-refractivity contribution is 0.167. The predicted octanol–water partition coefficient (Wildman–Crippen LogP) is 2.75. The van der Waals surface area contributed by atoms with Crippen molar-refractivity contribution in [3.05, 3.63) is 46.7 Å². The van der Waals surface area contributed by atoms with Gasteiger partial charge < -0.3 is 9.84 Å². The van der Waals surface area contributed by atoms with Crippen LogP contribution in [0.5, 0.6) is 5.75 Å². The third kappa shape index (κ3) is 3.28. The van der Waals surface area contributed by atoms with Crippen molar-refractivity contribution in [2.45, 2.75) is 18.9 Å². The van der Waals surface area contributed by atoms with Crippen molar-refractivity contribution in [1.82, 2.24) is 9.78 Å². The number of hydrogen-bond donors (Lipinski definition) is 1. The minimum Gasteiger partial charge on any atom is -0.495 e. The SMILES string of the molecule is COc1ccc(C(O)CCc2ccnn2C)cc1Cl. The van der Waals surface area contributed by atoms with Crippen LogP contribution in [0.15, 0.2) is 30.5 Å². The Morgan fingerprint density at radius 1 is 1.42 bits per heavy atom. The Labute approximate surface area is 117 Å². The first-order valence-electron chi connectivity index (χ1n) is 6.10. The zero-order valence-electron chi connectivity index (χ0n) is 11.0. The number of aliphatic hydroxyl groups is 1. The van der Waals surface area contributed by atoms with Crippen LogP contribution >= 0.6 is 11.6 Å². The fourth-order valence-corrected chi connectivity index (χ4v) is 2.25. The van der Waals surface area contributed by atoms with Crippen molar-refractivity contribution in [3.63, 3.8) is 0 Å². The van der Waals surface area contributed by atoms with Gasteiger partial charge in [0.25, 0.3) is 0 Å². The van der Waals surface area contributed by atoms with E-state index >= 15 is 0 Å². The Morgan fingerprint density at radius 3 is 2.79 bits per heavy atom. The molecule has 1 N–H and O–H groups in total. The van der Waals surface area contributed by atoms with Crippen molar-refractivity contribution in [2.24, 2.45) is 7.05 Å². The van der Waals surface area contributed by atoms with E-state index in [1.807, 2.05) is 23.9 Å². The van der Waals surface area contributed by atoms with Crippen molar-refractivity contribution in [3.8, 4) is 5.75 Å². The molecule has 0 aliphatic rings. The van der Waals surface area contributed by atoms with Gasteiger partial charge in [0, 0.05) is 18.9 Å². The molecule has 0 spiro atoms. The van der Waals surface area contributed by atoms with Crippen LogP contribution in [0.2, 0.25) is 5.02 Å². The van der Waals surface area contributed by atoms with Crippen LogP contribution in [0.1, 0.15) is 23.8 Å². The van der Waals surface area contributed by atoms with Gasteiger partial charge in [-0.3, -0.25) is 4.68 Å². The van der Waals surface area contributed by atoms with E-state index in [4.69, 9.17) is 16.3 Å². The molecule has 1 aromatic carbocycles. The second kappa shape index (κ2) is 6.08. The molecule has 2 aromatic rings. The first-order chi connectivity index (χ1) is 9.11. The van der Waals surface area contributed by atoms with Crippen molar-refractivity contribution >= 4 is 11.6 Å². The minimum atomic E-state index is -0.543. The molecule has 1 atom stereocenters. The molecule has 1 unspecified atom stereocenters. The monoisotopic (exact) mass is 280 g/mol. The Hall–Kier alpha value is -1.52. The first kappa shape index (κ1) is 13.9. The number of nitrogens with zero attached hydrogens (tertiary/aromatic N) is 2. The molecule has 0 fully saturated rings. The number of benzene rings is 1. The Balaban J connectivity index is 2.02. The number of halogens is 1. The van der Waals surface area contributed by atoms with E-state index in [0.29, 0.717) is 17.2 Å². The number of aliphatic hydroxyl groups excluding tert-OH is 1. The predicted molar refractivity (Wildman–Crippen MR) is 74.5 cm³/mol. The highest BCUT2D eigenvalue weighted by atomic mass is 35.5. The second-order valence-corrected chi connectivity index (χ2v) is 4.80. The quantitative estimate of drug-likeness (QED) is 0.916. The maximum Gasteiger partial charge on any atom is 0.137 e. The third-order valence-electron chi connectivity index (χ3n) is 3.16. The van der Waals surface area contributed by atoms with Gasteiger partial charge in [0.15, 0.2) is 0 Å². The van der Waals surface area contributed by atoms with Gasteiger partial charge in [0.05, 0.1) is 18.2 Å². The largest absolute Gasteiger partial charge is 0.495 e. The molecule has 0 saturated carbocycles. The van der Waals surface area contributed by atoms with E-state index in [1.54, 1.807) is 25.4 Å². The lowest BCUT2D eigenvalue weighted by Crippen LogP contribution is -2.03. The van der Waals surface area contributed by atoms with Crippen LogP contribution in [0.4, 0.5) is 0 Å². The summed E-state index contributed by atoms with van der Waals surface area (Å²) in [5, 5.41) is 14.8. The summed E-state index contributed by atoms with van der Waals surface area (Å²) in [6.07, 6.45) is 2.61. The molecule has 0 aliphatic carbocycles. The van der Waals surface area contributed by atoms with E-state index in [-0.39, 0.29) is 0 Å². The van der Waals surface area contributed by atoms with Gasteiger partial charge in [-0.05, 0) is 36.6 Å². The number of aromatic nitrogens is 2. The molecule has 4 nitrogen and oxygen atoms in total. The topological polar surface area (TPSA) is 47.3 Å².